The Morgan fingerprint density at radius 3 is 2.36 bits per heavy atom. The van der Waals surface area contributed by atoms with Crippen LogP contribution in [0.1, 0.15) is 51.5 Å². The molecule has 1 rings (SSSR count). The van der Waals surface area contributed by atoms with Crippen LogP contribution in [-0.4, -0.2) is 14.5 Å². The summed E-state index contributed by atoms with van der Waals surface area (Å²) in [5.41, 5.74) is 1.05. The van der Waals surface area contributed by atoms with Crippen molar-refractivity contribution in [3.8, 4) is 0 Å². The summed E-state index contributed by atoms with van der Waals surface area (Å²) in [5.74, 6) is 0.113. The van der Waals surface area contributed by atoms with Gasteiger partial charge in [-0.3, -0.25) is 0 Å². The largest absolute Gasteiger partial charge is 0.240 e. The van der Waals surface area contributed by atoms with Crippen molar-refractivity contribution in [2.24, 2.45) is 5.92 Å². The highest BCUT2D eigenvalue weighted by Crippen LogP contribution is 2.17. The molecule has 0 aliphatic rings. The minimum absolute atomic E-state index is 0.0966. The number of nitrogens with one attached hydrogen (secondary N) is 1. The van der Waals surface area contributed by atoms with Crippen molar-refractivity contribution in [1.82, 2.24) is 4.72 Å². The quantitative estimate of drug-likeness (QED) is 0.511. The third-order valence-corrected chi connectivity index (χ3v) is 5.52. The predicted octanol–water partition coefficient (Wildman–Crippen LogP) is 4.43. The van der Waals surface area contributed by atoms with Gasteiger partial charge in [0.1, 0.15) is 0 Å². The maximum atomic E-state index is 12.5. The molecule has 0 bridgehead atoms. The summed E-state index contributed by atoms with van der Waals surface area (Å²) in [6.07, 6.45) is 7.22. The molecule has 2 atom stereocenters. The Hall–Kier alpha value is -1.13. The second-order valence-corrected chi connectivity index (χ2v) is 7.70. The molecule has 0 aliphatic heterocycles. The number of unbranched alkanes of at least 4 members (excludes halogenated alkanes) is 3. The van der Waals surface area contributed by atoms with E-state index in [0.29, 0.717) is 4.90 Å². The Balaban J connectivity index is 2.78. The van der Waals surface area contributed by atoms with Crippen LogP contribution in [0.5, 0.6) is 0 Å². The second-order valence-electron chi connectivity index (χ2n) is 5.98. The molecular formula is C18H29NO2S. The van der Waals surface area contributed by atoms with E-state index in [1.165, 1.54) is 12.8 Å². The number of hydrogen-bond acceptors (Lipinski definition) is 2. The molecule has 0 aliphatic carbocycles. The van der Waals surface area contributed by atoms with Crippen LogP contribution in [-0.2, 0) is 10.0 Å². The monoisotopic (exact) mass is 323 g/mol. The molecule has 0 saturated carbocycles. The van der Waals surface area contributed by atoms with Crippen molar-refractivity contribution in [2.75, 3.05) is 0 Å². The van der Waals surface area contributed by atoms with E-state index in [1.54, 1.807) is 12.1 Å². The zero-order valence-electron chi connectivity index (χ0n) is 14.0. The number of aryl methyl sites for hydroxylation is 1. The van der Waals surface area contributed by atoms with Crippen LogP contribution in [0, 0.1) is 12.8 Å². The third-order valence-electron chi connectivity index (χ3n) is 4.01. The summed E-state index contributed by atoms with van der Waals surface area (Å²) in [6, 6.07) is 6.86. The van der Waals surface area contributed by atoms with Gasteiger partial charge >= 0.3 is 0 Å². The highest BCUT2D eigenvalue weighted by Gasteiger charge is 2.22. The van der Waals surface area contributed by atoms with Crippen LogP contribution in [0.2, 0.25) is 0 Å². The molecule has 124 valence electrons. The summed E-state index contributed by atoms with van der Waals surface area (Å²) in [7, 11) is -3.47. The van der Waals surface area contributed by atoms with E-state index in [2.05, 4.69) is 18.2 Å². The Kier molecular flexibility index (Phi) is 7.83. The van der Waals surface area contributed by atoms with Crippen LogP contribution >= 0.6 is 0 Å². The lowest BCUT2D eigenvalue weighted by molar-refractivity contribution is 0.435. The van der Waals surface area contributed by atoms with Crippen molar-refractivity contribution in [3.63, 3.8) is 0 Å². The molecule has 3 nitrogen and oxygen atoms in total. The van der Waals surface area contributed by atoms with Gasteiger partial charge in [0, 0.05) is 6.04 Å². The Morgan fingerprint density at radius 2 is 1.82 bits per heavy atom. The van der Waals surface area contributed by atoms with Crippen LogP contribution < -0.4 is 4.72 Å². The van der Waals surface area contributed by atoms with E-state index in [1.807, 2.05) is 32.1 Å². The Bertz CT molecular complexity index is 549. The number of benzene rings is 1. The smallest absolute Gasteiger partial charge is 0.207 e. The first kappa shape index (κ1) is 18.9. The van der Waals surface area contributed by atoms with Gasteiger partial charge < -0.3 is 0 Å². The van der Waals surface area contributed by atoms with E-state index in [9.17, 15) is 8.42 Å². The molecule has 0 aromatic heterocycles. The van der Waals surface area contributed by atoms with Crippen molar-refractivity contribution in [2.45, 2.75) is 63.8 Å². The average Bonchev–Trinajstić information content (AvgIpc) is 2.50. The van der Waals surface area contributed by atoms with E-state index < -0.39 is 10.0 Å². The van der Waals surface area contributed by atoms with Crippen LogP contribution in [0.15, 0.2) is 41.8 Å². The topological polar surface area (TPSA) is 46.2 Å². The maximum Gasteiger partial charge on any atom is 0.240 e. The van der Waals surface area contributed by atoms with E-state index >= 15 is 0 Å². The van der Waals surface area contributed by atoms with Gasteiger partial charge in [-0.1, -0.05) is 63.3 Å². The highest BCUT2D eigenvalue weighted by molar-refractivity contribution is 7.89. The van der Waals surface area contributed by atoms with Gasteiger partial charge in [-0.15, -0.1) is 6.58 Å². The van der Waals surface area contributed by atoms with Crippen LogP contribution in [0.3, 0.4) is 0 Å². The molecule has 1 N–H and O–H groups in total. The number of rotatable bonds is 10. The van der Waals surface area contributed by atoms with Crippen LogP contribution in [0.4, 0.5) is 0 Å². The summed E-state index contributed by atoms with van der Waals surface area (Å²) in [4.78, 5) is 0.327. The SMILES string of the molecule is C=C[C@@H](C)[C@H](CCCCCC)NS(=O)(=O)c1ccc(C)cc1. The molecule has 0 saturated heterocycles. The summed E-state index contributed by atoms with van der Waals surface area (Å²) in [6.45, 7) is 9.93. The molecule has 1 aromatic carbocycles. The second kappa shape index (κ2) is 9.11. The Morgan fingerprint density at radius 1 is 1.18 bits per heavy atom. The van der Waals surface area contributed by atoms with Crippen molar-refractivity contribution >= 4 is 10.0 Å². The van der Waals surface area contributed by atoms with Gasteiger partial charge in [0.05, 0.1) is 4.90 Å². The van der Waals surface area contributed by atoms with Crippen LogP contribution in [0.25, 0.3) is 0 Å². The van der Waals surface area contributed by atoms with E-state index in [-0.39, 0.29) is 12.0 Å². The van der Waals surface area contributed by atoms with Gasteiger partial charge in [-0.05, 0) is 31.4 Å². The molecule has 0 amide bonds. The molecule has 0 spiro atoms. The molecule has 4 heteroatoms. The normalized spacial score (nSPS) is 14.5. The summed E-state index contributed by atoms with van der Waals surface area (Å²) >= 11 is 0. The van der Waals surface area contributed by atoms with Gasteiger partial charge in [0.15, 0.2) is 0 Å². The fourth-order valence-corrected chi connectivity index (χ4v) is 3.73. The number of sulfonamides is 1. The molecule has 0 unspecified atom stereocenters. The van der Waals surface area contributed by atoms with E-state index in [0.717, 1.165) is 24.8 Å². The maximum absolute atomic E-state index is 12.5. The lowest BCUT2D eigenvalue weighted by Gasteiger charge is -2.23. The molecular weight excluding hydrogens is 294 g/mol. The lowest BCUT2D eigenvalue weighted by Crippen LogP contribution is -2.38. The van der Waals surface area contributed by atoms with Crippen molar-refractivity contribution in [3.05, 3.63) is 42.5 Å². The average molecular weight is 324 g/mol. The minimum atomic E-state index is -3.47. The first-order valence-corrected chi connectivity index (χ1v) is 9.60. The van der Waals surface area contributed by atoms with Crippen molar-refractivity contribution in [1.29, 1.82) is 0 Å². The molecule has 1 aromatic rings. The van der Waals surface area contributed by atoms with Gasteiger partial charge in [-0.25, -0.2) is 13.1 Å². The molecule has 0 heterocycles. The molecule has 22 heavy (non-hydrogen) atoms. The first-order chi connectivity index (χ1) is 10.4. The fraction of sp³-hybridized carbons (Fsp3) is 0.556. The Labute approximate surface area is 135 Å². The predicted molar refractivity (Wildman–Crippen MR) is 93.4 cm³/mol. The van der Waals surface area contributed by atoms with Gasteiger partial charge in [-0.2, -0.15) is 0 Å². The van der Waals surface area contributed by atoms with Crippen molar-refractivity contribution < 1.29 is 8.42 Å². The standard InChI is InChI=1S/C18H29NO2S/c1-5-7-8-9-10-18(16(4)6-2)19-22(20,21)17-13-11-15(3)12-14-17/h6,11-14,16,18-19H,2,5,7-10H2,1,3-4H3/t16-,18+/m1/s1. The molecule has 0 fully saturated rings. The summed E-state index contributed by atoms with van der Waals surface area (Å²) in [5, 5.41) is 0. The highest BCUT2D eigenvalue weighted by atomic mass is 32.2. The third kappa shape index (κ3) is 5.93. The van der Waals surface area contributed by atoms with Gasteiger partial charge in [0.25, 0.3) is 0 Å². The molecule has 0 radical (unpaired) electrons. The zero-order chi connectivity index (χ0) is 16.6. The zero-order valence-corrected chi connectivity index (χ0v) is 14.8. The first-order valence-electron chi connectivity index (χ1n) is 8.12. The summed E-state index contributed by atoms with van der Waals surface area (Å²) < 4.78 is 27.9. The lowest BCUT2D eigenvalue weighted by atomic mass is 9.97. The minimum Gasteiger partial charge on any atom is -0.207 e. The number of hydrogen-bond donors (Lipinski definition) is 1. The fourth-order valence-electron chi connectivity index (χ4n) is 2.37. The van der Waals surface area contributed by atoms with E-state index in [4.69, 9.17) is 0 Å². The van der Waals surface area contributed by atoms with Gasteiger partial charge in [0.2, 0.25) is 10.0 Å².